The molecule has 0 bridgehead atoms. The fourth-order valence-corrected chi connectivity index (χ4v) is 1.68. The third-order valence-electron chi connectivity index (χ3n) is 2.87. The van der Waals surface area contributed by atoms with Crippen molar-refractivity contribution in [2.45, 2.75) is 25.8 Å². The van der Waals surface area contributed by atoms with E-state index in [2.05, 4.69) is 24.5 Å². The zero-order valence-corrected chi connectivity index (χ0v) is 10.2. The van der Waals surface area contributed by atoms with E-state index in [0.717, 1.165) is 12.0 Å². The average Bonchev–Trinajstić information content (AvgIpc) is 2.30. The van der Waals surface area contributed by atoms with Crippen molar-refractivity contribution in [3.05, 3.63) is 35.9 Å². The zero-order valence-electron chi connectivity index (χ0n) is 10.2. The van der Waals surface area contributed by atoms with E-state index in [4.69, 9.17) is 0 Å². The van der Waals surface area contributed by atoms with E-state index in [1.807, 2.05) is 30.3 Å². The molecule has 0 spiro atoms. The molecule has 1 aromatic carbocycles. The second kappa shape index (κ2) is 5.66. The highest BCUT2D eigenvalue weighted by Crippen LogP contribution is 2.23. The Kier molecular flexibility index (Phi) is 4.50. The van der Waals surface area contributed by atoms with Gasteiger partial charge < -0.3 is 10.6 Å². The van der Waals surface area contributed by atoms with Gasteiger partial charge in [-0.1, -0.05) is 37.3 Å². The lowest BCUT2D eigenvalue weighted by Crippen LogP contribution is -2.46. The van der Waals surface area contributed by atoms with Gasteiger partial charge in [0.15, 0.2) is 0 Å². The molecule has 88 valence electrons. The number of carbonyl (C=O) groups excluding carboxylic acids is 1. The summed E-state index contributed by atoms with van der Waals surface area (Å²) in [5.41, 5.74) is 0.858. The minimum absolute atomic E-state index is 0.0238. The monoisotopic (exact) mass is 220 g/mol. The highest BCUT2D eigenvalue weighted by Gasteiger charge is 2.25. The Hall–Kier alpha value is -1.35. The van der Waals surface area contributed by atoms with E-state index < -0.39 is 0 Å². The highest BCUT2D eigenvalue weighted by molar-refractivity contribution is 5.79. The van der Waals surface area contributed by atoms with Crippen LogP contribution < -0.4 is 10.6 Å². The first-order chi connectivity index (χ1) is 7.62. The summed E-state index contributed by atoms with van der Waals surface area (Å²) in [6.07, 6.45) is 0.868. The molecule has 0 unspecified atom stereocenters. The summed E-state index contributed by atoms with van der Waals surface area (Å²) in [6, 6.07) is 10.1. The van der Waals surface area contributed by atoms with Crippen LogP contribution in [0.25, 0.3) is 0 Å². The van der Waals surface area contributed by atoms with Gasteiger partial charge in [0.05, 0.1) is 12.1 Å². The first-order valence-electron chi connectivity index (χ1n) is 5.63. The molecular weight excluding hydrogens is 200 g/mol. The maximum atomic E-state index is 11.6. The zero-order chi connectivity index (χ0) is 12.0. The number of rotatable bonds is 5. The smallest absolute Gasteiger partial charge is 0.234 e. The molecule has 1 atom stereocenters. The van der Waals surface area contributed by atoms with Crippen LogP contribution in [0.4, 0.5) is 0 Å². The Bertz CT molecular complexity index is 337. The van der Waals surface area contributed by atoms with Crippen molar-refractivity contribution in [3.8, 4) is 0 Å². The summed E-state index contributed by atoms with van der Waals surface area (Å²) >= 11 is 0. The first-order valence-corrected chi connectivity index (χ1v) is 5.63. The van der Waals surface area contributed by atoms with Gasteiger partial charge in [0.25, 0.3) is 0 Å². The minimum Gasteiger partial charge on any atom is -0.346 e. The van der Waals surface area contributed by atoms with Gasteiger partial charge in [-0.3, -0.25) is 4.79 Å². The van der Waals surface area contributed by atoms with Crippen LogP contribution >= 0.6 is 0 Å². The summed E-state index contributed by atoms with van der Waals surface area (Å²) in [5, 5.41) is 5.91. The Morgan fingerprint density at radius 2 is 1.94 bits per heavy atom. The molecule has 1 amide bonds. The molecule has 0 aliphatic heterocycles. The van der Waals surface area contributed by atoms with Gasteiger partial charge in [-0.2, -0.15) is 0 Å². The number of likely N-dealkylation sites (N-methyl/N-ethyl adjacent to an activating group) is 1. The Labute approximate surface area is 97.2 Å². The Balaban J connectivity index is 2.82. The third kappa shape index (κ3) is 3.07. The van der Waals surface area contributed by atoms with Crippen LogP contribution in [0.2, 0.25) is 0 Å². The molecule has 3 heteroatoms. The summed E-state index contributed by atoms with van der Waals surface area (Å²) in [7, 11) is 1.77. The van der Waals surface area contributed by atoms with Crippen molar-refractivity contribution in [3.63, 3.8) is 0 Å². The third-order valence-corrected chi connectivity index (χ3v) is 2.87. The molecule has 16 heavy (non-hydrogen) atoms. The molecule has 0 radical (unpaired) electrons. The largest absolute Gasteiger partial charge is 0.346 e. The number of benzene rings is 1. The molecule has 0 aliphatic carbocycles. The fraction of sp³-hybridized carbons (Fsp3) is 0.462. The van der Waals surface area contributed by atoms with Crippen LogP contribution in [-0.2, 0) is 10.3 Å². The Morgan fingerprint density at radius 1 is 1.31 bits per heavy atom. The van der Waals surface area contributed by atoms with Crippen LogP contribution in [0, 0.1) is 0 Å². The molecule has 1 aromatic rings. The molecule has 0 aromatic heterocycles. The minimum atomic E-state index is -0.283. The molecule has 0 saturated carbocycles. The molecule has 0 fully saturated rings. The van der Waals surface area contributed by atoms with E-state index >= 15 is 0 Å². The highest BCUT2D eigenvalue weighted by atomic mass is 16.2. The topological polar surface area (TPSA) is 41.1 Å². The maximum Gasteiger partial charge on any atom is 0.234 e. The number of hydrogen-bond donors (Lipinski definition) is 2. The Morgan fingerprint density at radius 3 is 2.44 bits per heavy atom. The fourth-order valence-electron chi connectivity index (χ4n) is 1.68. The second-order valence-corrected chi connectivity index (χ2v) is 4.13. The molecule has 0 saturated heterocycles. The first kappa shape index (κ1) is 12.7. The lowest BCUT2D eigenvalue weighted by molar-refractivity contribution is -0.122. The molecule has 3 nitrogen and oxygen atoms in total. The van der Waals surface area contributed by atoms with E-state index in [1.165, 1.54) is 0 Å². The van der Waals surface area contributed by atoms with Gasteiger partial charge in [-0.25, -0.2) is 0 Å². The average molecular weight is 220 g/mol. The van der Waals surface area contributed by atoms with Crippen LogP contribution in [0.3, 0.4) is 0 Å². The van der Waals surface area contributed by atoms with Crippen molar-refractivity contribution in [1.29, 1.82) is 0 Å². The van der Waals surface area contributed by atoms with Crippen molar-refractivity contribution >= 4 is 5.91 Å². The van der Waals surface area contributed by atoms with Gasteiger partial charge in [0, 0.05) is 0 Å². The van der Waals surface area contributed by atoms with Crippen molar-refractivity contribution in [2.24, 2.45) is 0 Å². The van der Waals surface area contributed by atoms with Crippen molar-refractivity contribution in [2.75, 3.05) is 13.6 Å². The molecule has 0 aliphatic rings. The number of hydrogen-bond acceptors (Lipinski definition) is 2. The number of carbonyl (C=O) groups is 1. The predicted molar refractivity (Wildman–Crippen MR) is 66.2 cm³/mol. The van der Waals surface area contributed by atoms with E-state index in [1.54, 1.807) is 7.05 Å². The lowest BCUT2D eigenvalue weighted by Gasteiger charge is -2.30. The number of amides is 1. The van der Waals surface area contributed by atoms with E-state index in [0.29, 0.717) is 6.54 Å². The molecule has 1 rings (SSSR count). The summed E-state index contributed by atoms with van der Waals surface area (Å²) in [4.78, 5) is 11.6. The normalized spacial score (nSPS) is 14.2. The van der Waals surface area contributed by atoms with Gasteiger partial charge in [0.2, 0.25) is 5.91 Å². The summed E-state index contributed by atoms with van der Waals surface area (Å²) < 4.78 is 0. The van der Waals surface area contributed by atoms with Crippen LogP contribution in [0.1, 0.15) is 25.8 Å². The van der Waals surface area contributed by atoms with Crippen molar-refractivity contribution < 1.29 is 4.79 Å². The van der Waals surface area contributed by atoms with Crippen LogP contribution in [0.15, 0.2) is 30.3 Å². The quantitative estimate of drug-likeness (QED) is 0.792. The second-order valence-electron chi connectivity index (χ2n) is 4.13. The van der Waals surface area contributed by atoms with Gasteiger partial charge in [-0.05, 0) is 26.0 Å². The SMILES string of the molecule is CC[C@](C)(NC(=O)CNC)c1ccccc1. The summed E-state index contributed by atoms with van der Waals surface area (Å²) in [6.45, 7) is 4.48. The van der Waals surface area contributed by atoms with E-state index in [-0.39, 0.29) is 11.4 Å². The lowest BCUT2D eigenvalue weighted by atomic mass is 9.89. The van der Waals surface area contributed by atoms with Gasteiger partial charge in [-0.15, -0.1) is 0 Å². The van der Waals surface area contributed by atoms with E-state index in [9.17, 15) is 4.79 Å². The van der Waals surface area contributed by atoms with Crippen molar-refractivity contribution in [1.82, 2.24) is 10.6 Å². The maximum absolute atomic E-state index is 11.6. The van der Waals surface area contributed by atoms with Crippen LogP contribution in [0.5, 0.6) is 0 Å². The van der Waals surface area contributed by atoms with Gasteiger partial charge >= 0.3 is 0 Å². The molecule has 0 heterocycles. The summed E-state index contributed by atoms with van der Waals surface area (Å²) in [5.74, 6) is 0.0238. The molecular formula is C13H20N2O. The predicted octanol–water partition coefficient (Wildman–Crippen LogP) is 1.65. The number of nitrogens with one attached hydrogen (secondary N) is 2. The standard InChI is InChI=1S/C13H20N2O/c1-4-13(2,15-12(16)10-14-3)11-8-6-5-7-9-11/h5-9,14H,4,10H2,1-3H3,(H,15,16)/t13-/m0/s1. The van der Waals surface area contributed by atoms with Crippen LogP contribution in [-0.4, -0.2) is 19.5 Å². The van der Waals surface area contributed by atoms with Gasteiger partial charge in [0.1, 0.15) is 0 Å². The molecule has 2 N–H and O–H groups in total.